The van der Waals surface area contributed by atoms with Crippen LogP contribution in [0.5, 0.6) is 0 Å². The third-order valence-corrected chi connectivity index (χ3v) is 3.32. The van der Waals surface area contributed by atoms with E-state index in [1.165, 1.54) is 0 Å². The Hall–Kier alpha value is -0.610. The lowest BCUT2D eigenvalue weighted by Gasteiger charge is -2.28. The van der Waals surface area contributed by atoms with Gasteiger partial charge in [-0.15, -0.1) is 0 Å². The largest absolute Gasteiger partial charge is 0.479 e. The van der Waals surface area contributed by atoms with Crippen molar-refractivity contribution in [2.24, 2.45) is 17.2 Å². The molecule has 3 unspecified atom stereocenters. The Morgan fingerprint density at radius 3 is 2.12 bits per heavy atom. The topological polar surface area (TPSA) is 150 Å². The van der Waals surface area contributed by atoms with Crippen molar-refractivity contribution in [1.29, 1.82) is 0 Å². The average molecular weight is 281 g/mol. The summed E-state index contributed by atoms with van der Waals surface area (Å²) in [4.78, 5) is 34.1. The van der Waals surface area contributed by atoms with Gasteiger partial charge in [0.05, 0.1) is 17.8 Å². The van der Waals surface area contributed by atoms with E-state index in [1.807, 2.05) is 0 Å². The van der Waals surface area contributed by atoms with Crippen LogP contribution in [0, 0.1) is 0 Å². The molecule has 0 aliphatic rings. The van der Waals surface area contributed by atoms with Gasteiger partial charge in [0.15, 0.2) is 17.1 Å². The first-order valence-corrected chi connectivity index (χ1v) is 5.72. The Kier molecular flexibility index (Phi) is 6.13. The van der Waals surface area contributed by atoms with Gasteiger partial charge in [0, 0.05) is 5.75 Å². The highest BCUT2D eigenvalue weighted by Crippen LogP contribution is 2.17. The standard InChI is InChI=1S/C8H15N3O4S2/c9-1-4(12)8(11,7(14)15)6(17)5(13)3(10)2-16/h3,6,16-17H,1-2,9-11H2,(H,14,15). The Morgan fingerprint density at radius 1 is 1.35 bits per heavy atom. The normalized spacial score (nSPS) is 17.9. The second-order valence-corrected chi connectivity index (χ2v) is 4.28. The molecule has 0 saturated carbocycles. The van der Waals surface area contributed by atoms with Crippen molar-refractivity contribution in [2.45, 2.75) is 16.8 Å². The quantitative estimate of drug-likeness (QED) is 0.222. The lowest BCUT2D eigenvalue weighted by atomic mass is 9.87. The van der Waals surface area contributed by atoms with Gasteiger partial charge in [-0.3, -0.25) is 9.59 Å². The fraction of sp³-hybridized carbons (Fsp3) is 0.625. The maximum Gasteiger partial charge on any atom is 0.333 e. The van der Waals surface area contributed by atoms with Crippen LogP contribution in [0.2, 0.25) is 0 Å². The number of aliphatic carboxylic acids is 1. The van der Waals surface area contributed by atoms with Crippen molar-refractivity contribution in [3.8, 4) is 0 Å². The van der Waals surface area contributed by atoms with Gasteiger partial charge in [0.2, 0.25) is 0 Å². The van der Waals surface area contributed by atoms with Crippen LogP contribution in [0.25, 0.3) is 0 Å². The van der Waals surface area contributed by atoms with E-state index in [1.54, 1.807) is 0 Å². The number of thiol groups is 2. The lowest BCUT2D eigenvalue weighted by Crippen LogP contribution is -2.66. The third-order valence-electron chi connectivity index (χ3n) is 2.26. The predicted molar refractivity (Wildman–Crippen MR) is 68.2 cm³/mol. The Balaban J connectivity index is 5.29. The van der Waals surface area contributed by atoms with Gasteiger partial charge in [-0.2, -0.15) is 25.3 Å². The number of hydrogen-bond acceptors (Lipinski definition) is 8. The lowest BCUT2D eigenvalue weighted by molar-refractivity contribution is -0.149. The number of ketones is 2. The molecule has 7 N–H and O–H groups in total. The van der Waals surface area contributed by atoms with Gasteiger partial charge in [-0.05, 0) is 0 Å². The molecule has 3 atom stereocenters. The summed E-state index contributed by atoms with van der Waals surface area (Å²) in [5.74, 6) is -3.45. The number of carbonyl (C=O) groups excluding carboxylic acids is 2. The number of hydrogen-bond donors (Lipinski definition) is 6. The maximum atomic E-state index is 11.7. The van der Waals surface area contributed by atoms with Crippen molar-refractivity contribution >= 4 is 42.8 Å². The molecule has 17 heavy (non-hydrogen) atoms. The zero-order chi connectivity index (χ0) is 13.8. The molecule has 0 saturated heterocycles. The van der Waals surface area contributed by atoms with Crippen molar-refractivity contribution in [1.82, 2.24) is 0 Å². The number of nitrogens with two attached hydrogens (primary N) is 3. The van der Waals surface area contributed by atoms with Gasteiger partial charge in [-0.1, -0.05) is 0 Å². The smallest absolute Gasteiger partial charge is 0.333 e. The fourth-order valence-corrected chi connectivity index (χ4v) is 1.70. The van der Waals surface area contributed by atoms with E-state index in [9.17, 15) is 14.4 Å². The summed E-state index contributed by atoms with van der Waals surface area (Å²) in [6.07, 6.45) is 0. The van der Waals surface area contributed by atoms with Crippen molar-refractivity contribution < 1.29 is 19.5 Å². The molecule has 0 radical (unpaired) electrons. The highest BCUT2D eigenvalue weighted by molar-refractivity contribution is 7.82. The summed E-state index contributed by atoms with van der Waals surface area (Å²) in [5, 5.41) is 7.37. The molecule has 0 aromatic carbocycles. The molecule has 0 aliphatic heterocycles. The van der Waals surface area contributed by atoms with Crippen molar-refractivity contribution in [3.63, 3.8) is 0 Å². The molecular formula is C8H15N3O4S2. The van der Waals surface area contributed by atoms with Crippen LogP contribution in [0.15, 0.2) is 0 Å². The monoisotopic (exact) mass is 281 g/mol. The third kappa shape index (κ3) is 3.19. The average Bonchev–Trinajstić information content (AvgIpc) is 2.33. The van der Waals surface area contributed by atoms with Gasteiger partial charge in [0.25, 0.3) is 0 Å². The Labute approximate surface area is 109 Å². The van der Waals surface area contributed by atoms with Crippen LogP contribution in [0.1, 0.15) is 0 Å². The van der Waals surface area contributed by atoms with Crippen LogP contribution in [0.4, 0.5) is 0 Å². The van der Waals surface area contributed by atoms with E-state index < -0.39 is 40.9 Å². The Morgan fingerprint density at radius 2 is 1.82 bits per heavy atom. The van der Waals surface area contributed by atoms with E-state index in [2.05, 4.69) is 25.3 Å². The van der Waals surface area contributed by atoms with E-state index >= 15 is 0 Å². The number of carbonyl (C=O) groups is 3. The second-order valence-electron chi connectivity index (χ2n) is 3.40. The van der Waals surface area contributed by atoms with Crippen LogP contribution >= 0.6 is 25.3 Å². The summed E-state index contributed by atoms with van der Waals surface area (Å²) in [7, 11) is 0. The summed E-state index contributed by atoms with van der Waals surface area (Å²) < 4.78 is 0. The number of carboxylic acids is 1. The Bertz CT molecular complexity index is 339. The molecule has 0 rings (SSSR count). The van der Waals surface area contributed by atoms with Crippen molar-refractivity contribution in [2.75, 3.05) is 12.3 Å². The second kappa shape index (κ2) is 6.36. The van der Waals surface area contributed by atoms with Crippen molar-refractivity contribution in [3.05, 3.63) is 0 Å². The molecule has 0 spiro atoms. The minimum absolute atomic E-state index is 0.0115. The maximum absolute atomic E-state index is 11.7. The summed E-state index contributed by atoms with van der Waals surface area (Å²) in [6, 6.07) is -1.05. The minimum atomic E-state index is -2.48. The molecular weight excluding hydrogens is 266 g/mol. The molecule has 0 amide bonds. The molecule has 0 aromatic rings. The van der Waals surface area contributed by atoms with Gasteiger partial charge in [-0.25, -0.2) is 4.79 Å². The zero-order valence-electron chi connectivity index (χ0n) is 8.87. The molecule has 98 valence electrons. The van der Waals surface area contributed by atoms with Crippen LogP contribution in [-0.2, 0) is 14.4 Å². The number of rotatable bonds is 7. The van der Waals surface area contributed by atoms with Crippen LogP contribution in [0.3, 0.4) is 0 Å². The molecule has 0 aliphatic carbocycles. The first-order valence-electron chi connectivity index (χ1n) is 4.57. The highest BCUT2D eigenvalue weighted by Gasteiger charge is 2.50. The van der Waals surface area contributed by atoms with Crippen LogP contribution in [-0.4, -0.2) is 51.8 Å². The van der Waals surface area contributed by atoms with E-state index in [-0.39, 0.29) is 5.75 Å². The zero-order valence-corrected chi connectivity index (χ0v) is 10.7. The summed E-state index contributed by atoms with van der Waals surface area (Å²) >= 11 is 7.58. The number of Topliss-reactive ketones (excluding diaryl/α,β-unsaturated/α-hetero) is 2. The predicted octanol–water partition coefficient (Wildman–Crippen LogP) is -2.58. The molecule has 0 heterocycles. The molecule has 0 aromatic heterocycles. The fourth-order valence-electron chi connectivity index (χ4n) is 1.07. The summed E-state index contributed by atoms with van der Waals surface area (Å²) in [5.41, 5.74) is 13.4. The minimum Gasteiger partial charge on any atom is -0.479 e. The van der Waals surface area contributed by atoms with Gasteiger partial charge in [0.1, 0.15) is 0 Å². The van der Waals surface area contributed by atoms with Crippen LogP contribution < -0.4 is 17.2 Å². The highest BCUT2D eigenvalue weighted by atomic mass is 32.1. The first kappa shape index (κ1) is 16.4. The number of carboxylic acid groups (broad SMARTS) is 1. The van der Waals surface area contributed by atoms with E-state index in [4.69, 9.17) is 22.3 Å². The summed E-state index contributed by atoms with van der Waals surface area (Å²) in [6.45, 7) is -0.608. The molecule has 0 fully saturated rings. The SMILES string of the molecule is NCC(=O)C(N)(C(=O)O)C(S)C(=O)C(N)CS. The van der Waals surface area contributed by atoms with E-state index in [0.29, 0.717) is 0 Å². The molecule has 7 nitrogen and oxygen atoms in total. The molecule has 0 bridgehead atoms. The van der Waals surface area contributed by atoms with Gasteiger partial charge < -0.3 is 22.3 Å². The van der Waals surface area contributed by atoms with E-state index in [0.717, 1.165) is 0 Å². The first-order chi connectivity index (χ1) is 7.73. The molecule has 9 heteroatoms. The van der Waals surface area contributed by atoms with Gasteiger partial charge >= 0.3 is 5.97 Å².